The van der Waals surface area contributed by atoms with E-state index in [0.717, 1.165) is 26.1 Å². The van der Waals surface area contributed by atoms with Crippen molar-refractivity contribution in [3.05, 3.63) is 35.9 Å². The number of hydrogen-bond donors (Lipinski definition) is 0. The van der Waals surface area contributed by atoms with Gasteiger partial charge < -0.3 is 9.47 Å². The fraction of sp³-hybridized carbons (Fsp3) is 0.625. The van der Waals surface area contributed by atoms with Gasteiger partial charge in [0.25, 0.3) is 0 Å². The summed E-state index contributed by atoms with van der Waals surface area (Å²) < 4.78 is 11.2. The maximum atomic E-state index is 5.58. The average Bonchev–Trinajstić information content (AvgIpc) is 2.44. The van der Waals surface area contributed by atoms with E-state index >= 15 is 0 Å². The lowest BCUT2D eigenvalue weighted by Gasteiger charge is -2.24. The summed E-state index contributed by atoms with van der Waals surface area (Å²) in [5.41, 5.74) is 1.36. The van der Waals surface area contributed by atoms with Crippen LogP contribution in [0.5, 0.6) is 0 Å². The molecule has 0 heterocycles. The third-order valence-corrected chi connectivity index (χ3v) is 3.08. The first-order chi connectivity index (χ1) is 9.30. The molecule has 0 amide bonds. The molecule has 1 aromatic carbocycles. The first-order valence-corrected chi connectivity index (χ1v) is 7.29. The van der Waals surface area contributed by atoms with Gasteiger partial charge in [0.2, 0.25) is 0 Å². The zero-order valence-electron chi connectivity index (χ0n) is 12.5. The van der Waals surface area contributed by atoms with Crippen molar-refractivity contribution in [1.29, 1.82) is 0 Å². The molecule has 1 aromatic rings. The van der Waals surface area contributed by atoms with Gasteiger partial charge in [-0.2, -0.15) is 0 Å². The van der Waals surface area contributed by atoms with Crippen LogP contribution in [0.3, 0.4) is 0 Å². The highest BCUT2D eigenvalue weighted by atomic mass is 16.7. The van der Waals surface area contributed by atoms with Crippen LogP contribution in [0.1, 0.15) is 32.8 Å². The summed E-state index contributed by atoms with van der Waals surface area (Å²) in [6, 6.07) is 10.6. The summed E-state index contributed by atoms with van der Waals surface area (Å²) in [5.74, 6) is 0. The Balaban J connectivity index is 2.38. The van der Waals surface area contributed by atoms with Crippen LogP contribution >= 0.6 is 0 Å². The highest BCUT2D eigenvalue weighted by Crippen LogP contribution is 2.08. The molecule has 0 fully saturated rings. The lowest BCUT2D eigenvalue weighted by Crippen LogP contribution is -2.29. The Labute approximate surface area is 117 Å². The molecule has 3 nitrogen and oxygen atoms in total. The van der Waals surface area contributed by atoms with Gasteiger partial charge in [-0.1, -0.05) is 37.3 Å². The Kier molecular flexibility index (Phi) is 8.47. The second-order valence-electron chi connectivity index (χ2n) is 4.48. The molecule has 0 N–H and O–H groups in total. The fourth-order valence-corrected chi connectivity index (χ4v) is 2.07. The fourth-order valence-electron chi connectivity index (χ4n) is 2.07. The van der Waals surface area contributed by atoms with Crippen LogP contribution in [0.15, 0.2) is 30.3 Å². The van der Waals surface area contributed by atoms with Crippen molar-refractivity contribution in [1.82, 2.24) is 4.90 Å². The van der Waals surface area contributed by atoms with E-state index in [-0.39, 0.29) is 6.29 Å². The van der Waals surface area contributed by atoms with Crippen molar-refractivity contribution >= 4 is 0 Å². The van der Waals surface area contributed by atoms with Crippen molar-refractivity contribution in [3.8, 4) is 0 Å². The van der Waals surface area contributed by atoms with E-state index in [1.165, 1.54) is 5.56 Å². The molecule has 0 bridgehead atoms. The van der Waals surface area contributed by atoms with E-state index in [1.807, 2.05) is 13.8 Å². The standard InChI is InChI=1S/C16H27NO2/c1-4-17(14-15-10-8-7-9-11-15)13-12-16(18-5-2)19-6-3/h7-11,16H,4-6,12-14H2,1-3H3. The Hall–Kier alpha value is -0.900. The minimum Gasteiger partial charge on any atom is -0.353 e. The normalized spacial score (nSPS) is 11.4. The Morgan fingerprint density at radius 3 is 2.16 bits per heavy atom. The van der Waals surface area contributed by atoms with E-state index in [4.69, 9.17) is 9.47 Å². The predicted molar refractivity (Wildman–Crippen MR) is 79.1 cm³/mol. The van der Waals surface area contributed by atoms with Gasteiger partial charge in [0.05, 0.1) is 0 Å². The van der Waals surface area contributed by atoms with Crippen LogP contribution < -0.4 is 0 Å². The van der Waals surface area contributed by atoms with E-state index in [1.54, 1.807) is 0 Å². The van der Waals surface area contributed by atoms with Gasteiger partial charge >= 0.3 is 0 Å². The van der Waals surface area contributed by atoms with Crippen LogP contribution in [0.2, 0.25) is 0 Å². The van der Waals surface area contributed by atoms with Crippen molar-refractivity contribution in [2.45, 2.75) is 40.0 Å². The Morgan fingerprint density at radius 2 is 1.63 bits per heavy atom. The van der Waals surface area contributed by atoms with Gasteiger partial charge in [-0.05, 0) is 26.0 Å². The van der Waals surface area contributed by atoms with Crippen LogP contribution in [0, 0.1) is 0 Å². The number of hydrogen-bond acceptors (Lipinski definition) is 3. The quantitative estimate of drug-likeness (QED) is 0.606. The summed E-state index contributed by atoms with van der Waals surface area (Å²) in [6.07, 6.45) is 0.849. The predicted octanol–water partition coefficient (Wildman–Crippen LogP) is 3.30. The van der Waals surface area contributed by atoms with E-state index < -0.39 is 0 Å². The summed E-state index contributed by atoms with van der Waals surface area (Å²) in [7, 11) is 0. The van der Waals surface area contributed by atoms with Crippen molar-refractivity contribution in [2.75, 3.05) is 26.3 Å². The van der Waals surface area contributed by atoms with Gasteiger partial charge in [-0.15, -0.1) is 0 Å². The van der Waals surface area contributed by atoms with Crippen LogP contribution in [-0.4, -0.2) is 37.5 Å². The van der Waals surface area contributed by atoms with Gasteiger partial charge in [-0.25, -0.2) is 0 Å². The number of benzene rings is 1. The van der Waals surface area contributed by atoms with E-state index in [9.17, 15) is 0 Å². The van der Waals surface area contributed by atoms with Crippen molar-refractivity contribution in [2.24, 2.45) is 0 Å². The highest BCUT2D eigenvalue weighted by Gasteiger charge is 2.11. The second-order valence-corrected chi connectivity index (χ2v) is 4.48. The number of ether oxygens (including phenoxy) is 2. The van der Waals surface area contributed by atoms with Crippen LogP contribution in [0.25, 0.3) is 0 Å². The third kappa shape index (κ3) is 6.71. The molecule has 0 saturated carbocycles. The topological polar surface area (TPSA) is 21.7 Å². The minimum atomic E-state index is -0.0696. The molecule has 19 heavy (non-hydrogen) atoms. The molecular weight excluding hydrogens is 238 g/mol. The molecule has 0 aliphatic heterocycles. The average molecular weight is 265 g/mol. The lowest BCUT2D eigenvalue weighted by atomic mass is 10.2. The second kappa shape index (κ2) is 9.96. The van der Waals surface area contributed by atoms with Gasteiger partial charge in [0.1, 0.15) is 0 Å². The highest BCUT2D eigenvalue weighted by molar-refractivity contribution is 5.14. The minimum absolute atomic E-state index is 0.0696. The molecule has 108 valence electrons. The largest absolute Gasteiger partial charge is 0.353 e. The molecule has 1 rings (SSSR count). The first kappa shape index (κ1) is 16.2. The Morgan fingerprint density at radius 1 is 1.00 bits per heavy atom. The summed E-state index contributed by atoms with van der Waals surface area (Å²) in [6.45, 7) is 10.6. The van der Waals surface area contributed by atoms with E-state index in [2.05, 4.69) is 42.2 Å². The maximum Gasteiger partial charge on any atom is 0.158 e. The van der Waals surface area contributed by atoms with Crippen LogP contribution in [0.4, 0.5) is 0 Å². The monoisotopic (exact) mass is 265 g/mol. The van der Waals surface area contributed by atoms with Crippen LogP contribution in [-0.2, 0) is 16.0 Å². The molecule has 0 saturated heterocycles. The maximum absolute atomic E-state index is 5.58. The molecule has 0 aliphatic carbocycles. The molecule has 0 atom stereocenters. The molecule has 0 aliphatic rings. The lowest BCUT2D eigenvalue weighted by molar-refractivity contribution is -0.141. The summed E-state index contributed by atoms with van der Waals surface area (Å²) in [4.78, 5) is 2.42. The molecule has 0 unspecified atom stereocenters. The smallest absolute Gasteiger partial charge is 0.158 e. The van der Waals surface area contributed by atoms with Crippen molar-refractivity contribution in [3.63, 3.8) is 0 Å². The molecule has 0 spiro atoms. The molecule has 0 aromatic heterocycles. The van der Waals surface area contributed by atoms with Gasteiger partial charge in [0, 0.05) is 32.7 Å². The first-order valence-electron chi connectivity index (χ1n) is 7.29. The van der Waals surface area contributed by atoms with Crippen molar-refractivity contribution < 1.29 is 9.47 Å². The zero-order chi connectivity index (χ0) is 13.9. The Bertz CT molecular complexity index is 310. The van der Waals surface area contributed by atoms with Gasteiger partial charge in [0.15, 0.2) is 6.29 Å². The SMILES string of the molecule is CCOC(CCN(CC)Cc1ccccc1)OCC. The summed E-state index contributed by atoms with van der Waals surface area (Å²) in [5, 5.41) is 0. The zero-order valence-corrected chi connectivity index (χ0v) is 12.5. The number of nitrogens with zero attached hydrogens (tertiary/aromatic N) is 1. The summed E-state index contributed by atoms with van der Waals surface area (Å²) >= 11 is 0. The number of rotatable bonds is 10. The van der Waals surface area contributed by atoms with Gasteiger partial charge in [-0.3, -0.25) is 4.90 Å². The molecule has 0 radical (unpaired) electrons. The third-order valence-electron chi connectivity index (χ3n) is 3.08. The molecular formula is C16H27NO2. The van der Waals surface area contributed by atoms with E-state index in [0.29, 0.717) is 13.2 Å². The molecule has 3 heteroatoms.